The number of carbonyl (C=O) groups is 1. The molecular weight excluding hydrogens is 479 g/mol. The molecule has 33 heavy (non-hydrogen) atoms. The average molecular weight is 499 g/mol. The monoisotopic (exact) mass is 498 g/mol. The summed E-state index contributed by atoms with van der Waals surface area (Å²) in [6.45, 7) is 3.72. The van der Waals surface area contributed by atoms with Gasteiger partial charge < -0.3 is 4.74 Å². The number of allylic oxidation sites excluding steroid dienone is 2. The van der Waals surface area contributed by atoms with Crippen LogP contribution in [0.25, 0.3) is 12.2 Å². The van der Waals surface area contributed by atoms with E-state index in [-0.39, 0.29) is 12.2 Å². The van der Waals surface area contributed by atoms with Gasteiger partial charge in [0.25, 0.3) is 5.56 Å². The molecule has 1 aliphatic rings. The third-order valence-corrected chi connectivity index (χ3v) is 6.62. The van der Waals surface area contributed by atoms with Gasteiger partial charge in [0.2, 0.25) is 0 Å². The number of aromatic nitrogens is 1. The highest BCUT2D eigenvalue weighted by molar-refractivity contribution is 7.07. The summed E-state index contributed by atoms with van der Waals surface area (Å²) >= 11 is 13.5. The molecule has 3 aromatic rings. The summed E-state index contributed by atoms with van der Waals surface area (Å²) in [5.74, 6) is -0.489. The van der Waals surface area contributed by atoms with Gasteiger partial charge in [-0.25, -0.2) is 9.79 Å². The van der Waals surface area contributed by atoms with Gasteiger partial charge in [-0.2, -0.15) is 0 Å². The fourth-order valence-electron chi connectivity index (χ4n) is 3.54. The maximum absolute atomic E-state index is 13.5. The maximum atomic E-state index is 13.5. The molecule has 0 spiro atoms. The van der Waals surface area contributed by atoms with Crippen molar-refractivity contribution >= 4 is 52.7 Å². The second kappa shape index (κ2) is 9.91. The predicted octanol–water partition coefficient (Wildman–Crippen LogP) is 4.77. The van der Waals surface area contributed by atoms with Gasteiger partial charge in [-0.3, -0.25) is 9.36 Å². The zero-order valence-electron chi connectivity index (χ0n) is 17.9. The Morgan fingerprint density at radius 3 is 2.67 bits per heavy atom. The van der Waals surface area contributed by atoms with Crippen molar-refractivity contribution in [1.29, 1.82) is 0 Å². The Kier molecular flexibility index (Phi) is 6.98. The lowest BCUT2D eigenvalue weighted by Gasteiger charge is -2.21. The van der Waals surface area contributed by atoms with Crippen LogP contribution >= 0.6 is 34.5 Å². The quantitative estimate of drug-likeness (QED) is 0.476. The van der Waals surface area contributed by atoms with Crippen LogP contribution < -0.4 is 14.9 Å². The summed E-state index contributed by atoms with van der Waals surface area (Å²) in [5, 5.41) is 0.955. The Hall–Kier alpha value is -2.93. The molecule has 0 saturated heterocycles. The van der Waals surface area contributed by atoms with Gasteiger partial charge in [-0.05, 0) is 43.2 Å². The summed E-state index contributed by atoms with van der Waals surface area (Å²) in [7, 11) is 0. The molecule has 0 unspecified atom stereocenters. The van der Waals surface area contributed by atoms with Crippen molar-refractivity contribution in [2.45, 2.75) is 19.9 Å². The van der Waals surface area contributed by atoms with Crippen LogP contribution in [-0.2, 0) is 9.53 Å². The van der Waals surface area contributed by atoms with Crippen molar-refractivity contribution in [3.05, 3.63) is 107 Å². The van der Waals surface area contributed by atoms with Crippen LogP contribution in [0.3, 0.4) is 0 Å². The highest BCUT2D eigenvalue weighted by Gasteiger charge is 2.30. The van der Waals surface area contributed by atoms with Crippen molar-refractivity contribution in [1.82, 2.24) is 4.57 Å². The van der Waals surface area contributed by atoms with Crippen LogP contribution in [0.4, 0.5) is 0 Å². The molecule has 0 saturated carbocycles. The van der Waals surface area contributed by atoms with Crippen LogP contribution in [0.15, 0.2) is 75.7 Å². The van der Waals surface area contributed by atoms with Crippen molar-refractivity contribution in [3.63, 3.8) is 0 Å². The summed E-state index contributed by atoms with van der Waals surface area (Å²) < 4.78 is 7.26. The number of esters is 1. The van der Waals surface area contributed by atoms with Gasteiger partial charge in [-0.1, -0.05) is 83.1 Å². The molecule has 8 heteroatoms. The number of hydrogen-bond donors (Lipinski definition) is 0. The molecule has 1 aliphatic heterocycles. The van der Waals surface area contributed by atoms with E-state index in [1.54, 1.807) is 38.1 Å². The summed E-state index contributed by atoms with van der Waals surface area (Å²) in [6.07, 6.45) is 5.43. The second-order valence-electron chi connectivity index (χ2n) is 7.28. The number of hydrogen-bond acceptors (Lipinski definition) is 5. The molecular formula is C25H20Cl2N2O3S. The lowest BCUT2D eigenvalue weighted by atomic mass is 10.0. The average Bonchev–Trinajstić information content (AvgIpc) is 3.09. The van der Waals surface area contributed by atoms with E-state index in [0.717, 1.165) is 5.56 Å². The Labute approximate surface area is 204 Å². The number of halogens is 2. The van der Waals surface area contributed by atoms with Gasteiger partial charge >= 0.3 is 5.97 Å². The number of nitrogens with zero attached hydrogens (tertiary/aromatic N) is 2. The van der Waals surface area contributed by atoms with E-state index in [1.807, 2.05) is 42.5 Å². The molecule has 5 nitrogen and oxygen atoms in total. The smallest absolute Gasteiger partial charge is 0.338 e. The van der Waals surface area contributed by atoms with Gasteiger partial charge in [0, 0.05) is 10.0 Å². The van der Waals surface area contributed by atoms with Crippen LogP contribution in [0.1, 0.15) is 31.0 Å². The van der Waals surface area contributed by atoms with Crippen LogP contribution in [0, 0.1) is 0 Å². The molecule has 2 heterocycles. The molecule has 1 atom stereocenters. The van der Waals surface area contributed by atoms with Crippen molar-refractivity contribution in [2.75, 3.05) is 6.61 Å². The Bertz CT molecular complexity index is 1450. The first-order valence-electron chi connectivity index (χ1n) is 10.3. The zero-order valence-corrected chi connectivity index (χ0v) is 20.2. The number of rotatable bonds is 5. The molecule has 0 bridgehead atoms. The molecule has 168 valence electrons. The molecule has 1 aromatic heterocycles. The number of fused-ring (bicyclic) bond motifs is 1. The van der Waals surface area contributed by atoms with Crippen LogP contribution in [0.2, 0.25) is 10.0 Å². The van der Waals surface area contributed by atoms with Gasteiger partial charge in [-0.15, -0.1) is 0 Å². The maximum Gasteiger partial charge on any atom is 0.338 e. The summed E-state index contributed by atoms with van der Waals surface area (Å²) in [6, 6.07) is 14.1. The first-order chi connectivity index (χ1) is 15.9. The van der Waals surface area contributed by atoms with E-state index in [9.17, 15) is 9.59 Å². The van der Waals surface area contributed by atoms with Crippen LogP contribution in [-0.4, -0.2) is 17.1 Å². The van der Waals surface area contributed by atoms with Crippen molar-refractivity contribution < 1.29 is 9.53 Å². The number of ether oxygens (including phenoxy) is 1. The molecule has 2 aromatic carbocycles. The molecule has 0 fully saturated rings. The SMILES string of the molecule is CCOC(=O)C1=C(C)N=c2s/c(=C/c3ccc(Cl)cc3Cl)c(=O)n2[C@H]1/C=C/c1ccccc1. The van der Waals surface area contributed by atoms with Crippen molar-refractivity contribution in [3.8, 4) is 0 Å². The minimum absolute atomic E-state index is 0.226. The van der Waals surface area contributed by atoms with Gasteiger partial charge in [0.05, 0.1) is 28.5 Å². The fraction of sp³-hybridized carbons (Fsp3) is 0.160. The Morgan fingerprint density at radius 2 is 1.97 bits per heavy atom. The summed E-state index contributed by atoms with van der Waals surface area (Å²) in [5.41, 5.74) is 2.22. The lowest BCUT2D eigenvalue weighted by molar-refractivity contribution is -0.139. The van der Waals surface area contributed by atoms with Crippen LogP contribution in [0.5, 0.6) is 0 Å². The number of carbonyl (C=O) groups excluding carboxylic acids is 1. The predicted molar refractivity (Wildman–Crippen MR) is 133 cm³/mol. The van der Waals surface area contributed by atoms with Gasteiger partial charge in [0.1, 0.15) is 0 Å². The molecule has 0 aliphatic carbocycles. The minimum atomic E-state index is -0.650. The van der Waals surface area contributed by atoms with E-state index in [2.05, 4.69) is 4.99 Å². The second-order valence-corrected chi connectivity index (χ2v) is 9.13. The Balaban J connectivity index is 1.89. The standard InChI is InChI=1S/C25H20Cl2N2O3S/c1-3-32-24(31)22-15(2)28-25-29(20(22)12-9-16-7-5-4-6-8-16)23(30)21(33-25)13-17-10-11-18(26)14-19(17)27/h4-14,20H,3H2,1-2H3/b12-9+,21-13+/t20-/m0/s1. The molecule has 0 N–H and O–H groups in total. The third kappa shape index (κ3) is 4.88. The summed E-state index contributed by atoms with van der Waals surface area (Å²) in [4.78, 5) is 31.3. The van der Waals surface area contributed by atoms with E-state index in [4.69, 9.17) is 27.9 Å². The largest absolute Gasteiger partial charge is 0.463 e. The normalized spacial score (nSPS) is 16.1. The molecule has 0 amide bonds. The zero-order chi connectivity index (χ0) is 23.5. The highest BCUT2D eigenvalue weighted by Crippen LogP contribution is 2.26. The Morgan fingerprint density at radius 1 is 1.21 bits per heavy atom. The van der Waals surface area contributed by atoms with E-state index in [1.165, 1.54) is 15.9 Å². The number of benzene rings is 2. The van der Waals surface area contributed by atoms with E-state index in [0.29, 0.717) is 36.2 Å². The van der Waals surface area contributed by atoms with Crippen molar-refractivity contribution in [2.24, 2.45) is 4.99 Å². The first kappa shape index (κ1) is 23.2. The lowest BCUT2D eigenvalue weighted by Crippen LogP contribution is -2.38. The number of thiazole rings is 1. The molecule has 4 rings (SSSR count). The first-order valence-corrected chi connectivity index (χ1v) is 11.8. The third-order valence-electron chi connectivity index (χ3n) is 5.08. The fourth-order valence-corrected chi connectivity index (χ4v) is 5.05. The van der Waals surface area contributed by atoms with Gasteiger partial charge in [0.15, 0.2) is 4.80 Å². The minimum Gasteiger partial charge on any atom is -0.463 e. The molecule has 0 radical (unpaired) electrons. The topological polar surface area (TPSA) is 60.7 Å². The van der Waals surface area contributed by atoms with E-state index >= 15 is 0 Å². The highest BCUT2D eigenvalue weighted by atomic mass is 35.5. The van der Waals surface area contributed by atoms with E-state index < -0.39 is 12.0 Å².